The van der Waals surface area contributed by atoms with Crippen molar-refractivity contribution >= 4 is 11.6 Å². The summed E-state index contributed by atoms with van der Waals surface area (Å²) >= 11 is 0. The fourth-order valence-electron chi connectivity index (χ4n) is 1.59. The Balaban J connectivity index is 1.96. The number of carbonyl (C=O) groups excluding carboxylic acids is 2. The third-order valence-corrected chi connectivity index (χ3v) is 2.54. The highest BCUT2D eigenvalue weighted by Gasteiger charge is 2.13. The summed E-state index contributed by atoms with van der Waals surface area (Å²) in [5.41, 5.74) is 0.266. The Morgan fingerprint density at radius 2 is 1.68 bits per heavy atom. The number of ketones is 2. The molecular weight excluding hydrogens is 247 g/mol. The monoisotopic (exact) mass is 258 g/mol. The van der Waals surface area contributed by atoms with Crippen LogP contribution in [0.1, 0.15) is 33.8 Å². The van der Waals surface area contributed by atoms with E-state index in [4.69, 9.17) is 0 Å². The van der Waals surface area contributed by atoms with Gasteiger partial charge in [0.05, 0.1) is 0 Å². The van der Waals surface area contributed by atoms with Gasteiger partial charge in [-0.15, -0.1) is 0 Å². The third-order valence-electron chi connectivity index (χ3n) is 2.54. The molecule has 1 heterocycles. The summed E-state index contributed by atoms with van der Waals surface area (Å²) in [5.74, 6) is -0.952. The Hall–Kier alpha value is -2.43. The molecule has 0 aliphatic carbocycles. The summed E-state index contributed by atoms with van der Waals surface area (Å²) in [4.78, 5) is 31.1. The normalized spacial score (nSPS) is 10.2. The van der Waals surface area contributed by atoms with E-state index in [0.717, 1.165) is 6.07 Å². The van der Waals surface area contributed by atoms with Gasteiger partial charge in [-0.1, -0.05) is 12.1 Å². The first kappa shape index (κ1) is 13.0. The molecule has 0 unspecified atom stereocenters. The molecule has 0 saturated heterocycles. The van der Waals surface area contributed by atoms with Crippen LogP contribution in [0.3, 0.4) is 0 Å². The molecular formula is C14H11FN2O2. The largest absolute Gasteiger partial charge is 0.294 e. The van der Waals surface area contributed by atoms with E-state index in [1.807, 2.05) is 0 Å². The number of rotatable bonds is 5. The van der Waals surface area contributed by atoms with Gasteiger partial charge in [0.25, 0.3) is 0 Å². The van der Waals surface area contributed by atoms with Crippen LogP contribution in [0, 0.1) is 5.82 Å². The standard InChI is InChI=1S/C14H11FN2O2/c15-11-4-1-3-10(9-11)12(18)5-6-13(19)14-16-7-2-8-17-14/h1-4,7-9H,5-6H2. The Kier molecular flexibility index (Phi) is 4.07. The molecule has 1 aromatic heterocycles. The molecule has 0 atom stereocenters. The van der Waals surface area contributed by atoms with Crippen LogP contribution in [0.15, 0.2) is 42.7 Å². The van der Waals surface area contributed by atoms with Crippen molar-refractivity contribution < 1.29 is 14.0 Å². The minimum absolute atomic E-state index is 0.0133. The highest BCUT2D eigenvalue weighted by atomic mass is 19.1. The summed E-state index contributed by atoms with van der Waals surface area (Å²) in [7, 11) is 0. The van der Waals surface area contributed by atoms with Gasteiger partial charge in [-0.25, -0.2) is 14.4 Å². The number of Topliss-reactive ketones (excluding diaryl/α,β-unsaturated/α-hetero) is 2. The highest BCUT2D eigenvalue weighted by molar-refractivity contribution is 6.00. The van der Waals surface area contributed by atoms with Gasteiger partial charge in [0.15, 0.2) is 17.4 Å². The van der Waals surface area contributed by atoms with Crippen molar-refractivity contribution in [3.63, 3.8) is 0 Å². The van der Waals surface area contributed by atoms with Crippen LogP contribution in [0.4, 0.5) is 4.39 Å². The third kappa shape index (κ3) is 3.51. The number of benzene rings is 1. The van der Waals surface area contributed by atoms with Crippen LogP contribution in [-0.4, -0.2) is 21.5 Å². The first-order valence-corrected chi connectivity index (χ1v) is 5.76. The smallest absolute Gasteiger partial charge is 0.200 e. The number of halogens is 1. The summed E-state index contributed by atoms with van der Waals surface area (Å²) < 4.78 is 13.0. The van der Waals surface area contributed by atoms with Gasteiger partial charge >= 0.3 is 0 Å². The molecule has 0 amide bonds. The van der Waals surface area contributed by atoms with E-state index in [2.05, 4.69) is 9.97 Å². The molecule has 0 fully saturated rings. The predicted molar refractivity (Wildman–Crippen MR) is 66.3 cm³/mol. The Bertz CT molecular complexity index is 599. The average Bonchev–Trinajstić information content (AvgIpc) is 2.45. The van der Waals surface area contributed by atoms with Crippen molar-refractivity contribution in [2.24, 2.45) is 0 Å². The van der Waals surface area contributed by atoms with Crippen LogP contribution in [0.25, 0.3) is 0 Å². The zero-order valence-corrected chi connectivity index (χ0v) is 10.0. The molecule has 1 aromatic carbocycles. The van der Waals surface area contributed by atoms with Gasteiger partial charge in [0, 0.05) is 30.8 Å². The first-order valence-electron chi connectivity index (χ1n) is 5.76. The van der Waals surface area contributed by atoms with Crippen molar-refractivity contribution in [1.29, 1.82) is 0 Å². The maximum absolute atomic E-state index is 13.0. The van der Waals surface area contributed by atoms with E-state index in [1.165, 1.54) is 30.6 Å². The molecule has 0 aliphatic rings. The fraction of sp³-hybridized carbons (Fsp3) is 0.143. The van der Waals surface area contributed by atoms with Gasteiger partial charge < -0.3 is 0 Å². The van der Waals surface area contributed by atoms with E-state index in [1.54, 1.807) is 6.07 Å². The SMILES string of the molecule is O=C(CCC(=O)c1ncccn1)c1cccc(F)c1. The fourth-order valence-corrected chi connectivity index (χ4v) is 1.59. The molecule has 0 N–H and O–H groups in total. The van der Waals surface area contributed by atoms with E-state index >= 15 is 0 Å². The minimum atomic E-state index is -0.469. The number of hydrogen-bond acceptors (Lipinski definition) is 4. The van der Waals surface area contributed by atoms with Crippen LogP contribution in [0.2, 0.25) is 0 Å². The zero-order chi connectivity index (χ0) is 13.7. The lowest BCUT2D eigenvalue weighted by molar-refractivity contribution is 0.0912. The second kappa shape index (κ2) is 5.95. The number of hydrogen-bond donors (Lipinski definition) is 0. The molecule has 0 aliphatic heterocycles. The van der Waals surface area contributed by atoms with Gasteiger partial charge in [-0.3, -0.25) is 9.59 Å². The molecule has 0 radical (unpaired) electrons. The van der Waals surface area contributed by atoms with Gasteiger partial charge in [0.2, 0.25) is 0 Å². The molecule has 19 heavy (non-hydrogen) atoms. The van der Waals surface area contributed by atoms with E-state index in [9.17, 15) is 14.0 Å². The van der Waals surface area contributed by atoms with Crippen LogP contribution < -0.4 is 0 Å². The molecule has 0 spiro atoms. The lowest BCUT2D eigenvalue weighted by Crippen LogP contribution is -2.08. The molecule has 0 saturated carbocycles. The minimum Gasteiger partial charge on any atom is -0.294 e. The van der Waals surface area contributed by atoms with Crippen molar-refractivity contribution in [3.8, 4) is 0 Å². The maximum Gasteiger partial charge on any atom is 0.200 e. The Morgan fingerprint density at radius 1 is 1.00 bits per heavy atom. The number of carbonyl (C=O) groups is 2. The quantitative estimate of drug-likeness (QED) is 0.773. The van der Waals surface area contributed by atoms with Crippen molar-refractivity contribution in [2.45, 2.75) is 12.8 Å². The second-order valence-electron chi connectivity index (χ2n) is 3.93. The lowest BCUT2D eigenvalue weighted by Gasteiger charge is -2.00. The first-order chi connectivity index (χ1) is 9.16. The van der Waals surface area contributed by atoms with Crippen LogP contribution in [-0.2, 0) is 0 Å². The topological polar surface area (TPSA) is 59.9 Å². The number of nitrogens with zero attached hydrogens (tertiary/aromatic N) is 2. The summed E-state index contributed by atoms with van der Waals surface area (Å²) in [6.07, 6.45) is 2.96. The van der Waals surface area contributed by atoms with Crippen molar-refractivity contribution in [3.05, 3.63) is 59.9 Å². The highest BCUT2D eigenvalue weighted by Crippen LogP contribution is 2.09. The van der Waals surface area contributed by atoms with Gasteiger partial charge in [-0.05, 0) is 18.2 Å². The predicted octanol–water partition coefficient (Wildman–Crippen LogP) is 2.46. The Morgan fingerprint density at radius 3 is 2.37 bits per heavy atom. The Labute approximate surface area is 109 Å². The van der Waals surface area contributed by atoms with Crippen molar-refractivity contribution in [2.75, 3.05) is 0 Å². The van der Waals surface area contributed by atoms with Crippen LogP contribution >= 0.6 is 0 Å². The van der Waals surface area contributed by atoms with Crippen LogP contribution in [0.5, 0.6) is 0 Å². The molecule has 96 valence electrons. The van der Waals surface area contributed by atoms with Gasteiger partial charge in [-0.2, -0.15) is 0 Å². The molecule has 5 heteroatoms. The maximum atomic E-state index is 13.0. The summed E-state index contributed by atoms with van der Waals surface area (Å²) in [5, 5.41) is 0. The van der Waals surface area contributed by atoms with Gasteiger partial charge in [0.1, 0.15) is 5.82 Å². The van der Waals surface area contributed by atoms with E-state index in [-0.39, 0.29) is 35.8 Å². The van der Waals surface area contributed by atoms with E-state index in [0.29, 0.717) is 0 Å². The summed E-state index contributed by atoms with van der Waals surface area (Å²) in [6, 6.07) is 7.01. The number of aromatic nitrogens is 2. The van der Waals surface area contributed by atoms with Crippen molar-refractivity contribution in [1.82, 2.24) is 9.97 Å². The zero-order valence-electron chi connectivity index (χ0n) is 10.0. The molecule has 4 nitrogen and oxygen atoms in total. The molecule has 0 bridgehead atoms. The average molecular weight is 258 g/mol. The molecule has 2 rings (SSSR count). The molecule has 2 aromatic rings. The second-order valence-corrected chi connectivity index (χ2v) is 3.93. The summed E-state index contributed by atoms with van der Waals surface area (Å²) in [6.45, 7) is 0. The van der Waals surface area contributed by atoms with E-state index < -0.39 is 5.82 Å². The lowest BCUT2D eigenvalue weighted by atomic mass is 10.0.